The monoisotopic (exact) mass is 399 g/mol. The van der Waals surface area contributed by atoms with Crippen LogP contribution in [-0.2, 0) is 11.3 Å². The minimum atomic E-state index is 0.0608. The van der Waals surface area contributed by atoms with Crippen molar-refractivity contribution in [1.82, 2.24) is 19.7 Å². The van der Waals surface area contributed by atoms with Crippen molar-refractivity contribution in [2.45, 2.75) is 26.5 Å². The predicted molar refractivity (Wildman–Crippen MR) is 119 cm³/mol. The first-order chi connectivity index (χ1) is 14.7. The van der Waals surface area contributed by atoms with Gasteiger partial charge < -0.3 is 9.64 Å². The van der Waals surface area contributed by atoms with Crippen LogP contribution in [0.15, 0.2) is 60.7 Å². The molecule has 0 spiro atoms. The summed E-state index contributed by atoms with van der Waals surface area (Å²) >= 11 is 0. The zero-order valence-electron chi connectivity index (χ0n) is 17.3. The second kappa shape index (κ2) is 7.88. The summed E-state index contributed by atoms with van der Waals surface area (Å²) in [5.74, 6) is 1.73. The average molecular weight is 399 g/mol. The van der Waals surface area contributed by atoms with Crippen molar-refractivity contribution in [3.8, 4) is 11.4 Å². The second-order valence-corrected chi connectivity index (χ2v) is 7.80. The molecule has 30 heavy (non-hydrogen) atoms. The molecular weight excluding hydrogens is 374 g/mol. The van der Waals surface area contributed by atoms with Gasteiger partial charge in [0.05, 0.1) is 30.5 Å². The van der Waals surface area contributed by atoms with Crippen molar-refractivity contribution in [2.24, 2.45) is 0 Å². The lowest BCUT2D eigenvalue weighted by atomic mass is 10.1. The van der Waals surface area contributed by atoms with E-state index in [1.165, 1.54) is 0 Å². The highest BCUT2D eigenvalue weighted by atomic mass is 16.5. The first kappa shape index (κ1) is 18.8. The molecule has 4 aromatic rings. The van der Waals surface area contributed by atoms with Crippen LogP contribution in [0.3, 0.4) is 0 Å². The topological polar surface area (TPSA) is 56.1 Å². The summed E-state index contributed by atoms with van der Waals surface area (Å²) in [5, 5.41) is 5.67. The van der Waals surface area contributed by atoms with Crippen LogP contribution in [0.1, 0.15) is 11.4 Å². The number of aryl methyl sites for hydroxylation is 2. The van der Waals surface area contributed by atoms with Gasteiger partial charge in [0.25, 0.3) is 0 Å². The molecule has 0 amide bonds. The zero-order valence-corrected chi connectivity index (χ0v) is 17.3. The standard InChI is InChI=1S/C24H25N5O/c1-17-14-18(2)29(27-17)16-20-15-28(12-13-30-20)24-21-10-6-7-11-22(21)25-23(26-24)19-8-4-3-5-9-19/h3-11,14,20H,12-13,15-16H2,1-2H3. The number of hydrogen-bond donors (Lipinski definition) is 0. The van der Waals surface area contributed by atoms with Gasteiger partial charge in [-0.15, -0.1) is 0 Å². The number of nitrogens with zero attached hydrogens (tertiary/aromatic N) is 5. The summed E-state index contributed by atoms with van der Waals surface area (Å²) in [6, 6.07) is 20.5. The van der Waals surface area contributed by atoms with Crippen LogP contribution >= 0.6 is 0 Å². The fraction of sp³-hybridized carbons (Fsp3) is 0.292. The third kappa shape index (κ3) is 3.66. The Bertz CT molecular complexity index is 1170. The molecule has 2 aromatic carbocycles. The van der Waals surface area contributed by atoms with Crippen LogP contribution in [0, 0.1) is 13.8 Å². The molecule has 1 aliphatic rings. The normalized spacial score (nSPS) is 16.9. The van der Waals surface area contributed by atoms with Gasteiger partial charge in [-0.2, -0.15) is 5.10 Å². The molecule has 1 fully saturated rings. The summed E-state index contributed by atoms with van der Waals surface area (Å²) < 4.78 is 8.12. The SMILES string of the molecule is Cc1cc(C)n(CC2CN(c3nc(-c4ccccc4)nc4ccccc34)CCO2)n1. The van der Waals surface area contributed by atoms with Crippen molar-refractivity contribution < 1.29 is 4.74 Å². The van der Waals surface area contributed by atoms with E-state index >= 15 is 0 Å². The van der Waals surface area contributed by atoms with E-state index in [0.717, 1.165) is 59.1 Å². The number of benzene rings is 2. The van der Waals surface area contributed by atoms with Crippen LogP contribution in [-0.4, -0.2) is 45.5 Å². The number of hydrogen-bond acceptors (Lipinski definition) is 5. The molecular formula is C24H25N5O. The van der Waals surface area contributed by atoms with Gasteiger partial charge in [0.1, 0.15) is 5.82 Å². The lowest BCUT2D eigenvalue weighted by molar-refractivity contribution is 0.0268. The number of ether oxygens (including phenoxy) is 1. The molecule has 2 aromatic heterocycles. The van der Waals surface area contributed by atoms with Gasteiger partial charge in [-0.3, -0.25) is 4.68 Å². The maximum Gasteiger partial charge on any atom is 0.162 e. The van der Waals surface area contributed by atoms with Crippen molar-refractivity contribution >= 4 is 16.7 Å². The molecule has 1 atom stereocenters. The largest absolute Gasteiger partial charge is 0.373 e. The third-order valence-electron chi connectivity index (χ3n) is 5.53. The highest BCUT2D eigenvalue weighted by Gasteiger charge is 2.25. The smallest absolute Gasteiger partial charge is 0.162 e. The van der Waals surface area contributed by atoms with E-state index in [1.54, 1.807) is 0 Å². The summed E-state index contributed by atoms with van der Waals surface area (Å²) in [6.07, 6.45) is 0.0608. The number of morpholine rings is 1. The van der Waals surface area contributed by atoms with Gasteiger partial charge >= 0.3 is 0 Å². The molecule has 152 valence electrons. The van der Waals surface area contributed by atoms with Gasteiger partial charge in [0, 0.05) is 29.7 Å². The lowest BCUT2D eigenvalue weighted by Crippen LogP contribution is -2.45. The molecule has 1 saturated heterocycles. The predicted octanol–water partition coefficient (Wildman–Crippen LogP) is 4.02. The van der Waals surface area contributed by atoms with E-state index in [-0.39, 0.29) is 6.10 Å². The lowest BCUT2D eigenvalue weighted by Gasteiger charge is -2.34. The van der Waals surface area contributed by atoms with Crippen LogP contribution < -0.4 is 4.90 Å². The summed E-state index contributed by atoms with van der Waals surface area (Å²) in [4.78, 5) is 12.1. The summed E-state index contributed by atoms with van der Waals surface area (Å²) in [7, 11) is 0. The molecule has 6 nitrogen and oxygen atoms in total. The van der Waals surface area contributed by atoms with E-state index in [4.69, 9.17) is 14.7 Å². The zero-order chi connectivity index (χ0) is 20.5. The van der Waals surface area contributed by atoms with E-state index in [2.05, 4.69) is 47.3 Å². The van der Waals surface area contributed by atoms with Crippen LogP contribution in [0.2, 0.25) is 0 Å². The van der Waals surface area contributed by atoms with Crippen molar-refractivity contribution in [3.05, 3.63) is 72.1 Å². The van der Waals surface area contributed by atoms with Crippen LogP contribution in [0.5, 0.6) is 0 Å². The van der Waals surface area contributed by atoms with Gasteiger partial charge in [0.15, 0.2) is 5.82 Å². The molecule has 6 heteroatoms. The van der Waals surface area contributed by atoms with Gasteiger partial charge in [-0.1, -0.05) is 42.5 Å². The van der Waals surface area contributed by atoms with E-state index in [0.29, 0.717) is 6.61 Å². The Morgan fingerprint density at radius 2 is 1.80 bits per heavy atom. The molecule has 0 saturated carbocycles. The van der Waals surface area contributed by atoms with Crippen molar-refractivity contribution in [1.29, 1.82) is 0 Å². The molecule has 0 aliphatic carbocycles. The van der Waals surface area contributed by atoms with Gasteiger partial charge in [-0.25, -0.2) is 9.97 Å². The van der Waals surface area contributed by atoms with Crippen molar-refractivity contribution in [3.63, 3.8) is 0 Å². The Morgan fingerprint density at radius 3 is 2.60 bits per heavy atom. The Balaban J connectivity index is 1.49. The molecule has 5 rings (SSSR count). The Labute approximate surface area is 176 Å². The molecule has 0 bridgehead atoms. The fourth-order valence-corrected chi connectivity index (χ4v) is 4.09. The molecule has 1 aliphatic heterocycles. The molecule has 0 N–H and O–H groups in total. The first-order valence-corrected chi connectivity index (χ1v) is 10.4. The maximum absolute atomic E-state index is 6.08. The Morgan fingerprint density at radius 1 is 1.00 bits per heavy atom. The number of rotatable bonds is 4. The summed E-state index contributed by atoms with van der Waals surface area (Å²) in [5.41, 5.74) is 4.18. The van der Waals surface area contributed by atoms with E-state index in [1.807, 2.05) is 41.9 Å². The molecule has 3 heterocycles. The number of aromatic nitrogens is 4. The number of para-hydroxylation sites is 1. The highest BCUT2D eigenvalue weighted by molar-refractivity contribution is 5.91. The third-order valence-corrected chi connectivity index (χ3v) is 5.53. The first-order valence-electron chi connectivity index (χ1n) is 10.4. The van der Waals surface area contributed by atoms with E-state index < -0.39 is 0 Å². The second-order valence-electron chi connectivity index (χ2n) is 7.80. The van der Waals surface area contributed by atoms with Crippen LogP contribution in [0.25, 0.3) is 22.3 Å². The van der Waals surface area contributed by atoms with Gasteiger partial charge in [0.2, 0.25) is 0 Å². The fourth-order valence-electron chi connectivity index (χ4n) is 4.09. The Kier molecular flexibility index (Phi) is 4.93. The highest BCUT2D eigenvalue weighted by Crippen LogP contribution is 2.29. The van der Waals surface area contributed by atoms with Crippen LogP contribution in [0.4, 0.5) is 5.82 Å². The maximum atomic E-state index is 6.08. The number of fused-ring (bicyclic) bond motifs is 1. The minimum Gasteiger partial charge on any atom is -0.373 e. The minimum absolute atomic E-state index is 0.0608. The summed E-state index contributed by atoms with van der Waals surface area (Å²) in [6.45, 7) is 7.10. The van der Waals surface area contributed by atoms with Gasteiger partial charge in [-0.05, 0) is 32.0 Å². The van der Waals surface area contributed by atoms with Crippen molar-refractivity contribution in [2.75, 3.05) is 24.6 Å². The van der Waals surface area contributed by atoms with E-state index in [9.17, 15) is 0 Å². The molecule has 0 radical (unpaired) electrons. The average Bonchev–Trinajstić information content (AvgIpc) is 3.10. The number of anilines is 1. The Hall–Kier alpha value is -3.25. The molecule has 1 unspecified atom stereocenters. The quantitative estimate of drug-likeness (QED) is 0.519.